The first-order valence-corrected chi connectivity index (χ1v) is 7.13. The first kappa shape index (κ1) is 15.6. The number of aliphatic hydroxyl groups is 1. The van der Waals surface area contributed by atoms with Crippen LogP contribution in [0.15, 0.2) is 17.1 Å². The molecule has 1 aliphatic heterocycles. The number of rotatable bonds is 5. The normalized spacial score (nSPS) is 15.2. The number of nitrogens with zero attached hydrogens (tertiary/aromatic N) is 2. The van der Waals surface area contributed by atoms with Crippen molar-refractivity contribution < 1.29 is 14.6 Å². The van der Waals surface area contributed by atoms with E-state index in [1.54, 1.807) is 14.2 Å². The molecule has 0 aromatic heterocycles. The Morgan fingerprint density at radius 1 is 1.24 bits per heavy atom. The number of methoxy groups -OCH3 is 2. The zero-order chi connectivity index (χ0) is 15.5. The van der Waals surface area contributed by atoms with E-state index in [4.69, 9.17) is 9.47 Å². The predicted molar refractivity (Wildman–Crippen MR) is 83.3 cm³/mol. The van der Waals surface area contributed by atoms with Crippen molar-refractivity contribution in [2.75, 3.05) is 27.4 Å². The van der Waals surface area contributed by atoms with E-state index in [2.05, 4.69) is 16.0 Å². The van der Waals surface area contributed by atoms with Gasteiger partial charge >= 0.3 is 0 Å². The highest BCUT2D eigenvalue weighted by Gasteiger charge is 2.19. The standard InChI is InChI=1S/C16H24N2O3/c1-16(2,10-19)17-11-18-6-5-12-7-14(20-3)15(21-4)8-13(12)9-18/h7-8,11,19H,5-6,9-10H2,1-4H3. The van der Waals surface area contributed by atoms with Gasteiger partial charge in [-0.2, -0.15) is 0 Å². The third-order valence-corrected chi connectivity index (χ3v) is 3.71. The van der Waals surface area contributed by atoms with Gasteiger partial charge in [0.05, 0.1) is 32.7 Å². The molecule has 0 spiro atoms. The van der Waals surface area contributed by atoms with Gasteiger partial charge < -0.3 is 19.5 Å². The lowest BCUT2D eigenvalue weighted by atomic mass is 9.99. The number of aliphatic hydroxyl groups excluding tert-OH is 1. The fraction of sp³-hybridized carbons (Fsp3) is 0.562. The fourth-order valence-electron chi connectivity index (χ4n) is 2.28. The number of fused-ring (bicyclic) bond motifs is 1. The smallest absolute Gasteiger partial charge is 0.161 e. The van der Waals surface area contributed by atoms with E-state index in [1.807, 2.05) is 26.3 Å². The van der Waals surface area contributed by atoms with Crippen LogP contribution in [0.4, 0.5) is 0 Å². The van der Waals surface area contributed by atoms with Crippen molar-refractivity contribution in [3.05, 3.63) is 23.3 Å². The van der Waals surface area contributed by atoms with Crippen LogP contribution in [0, 0.1) is 0 Å². The zero-order valence-corrected chi connectivity index (χ0v) is 13.2. The molecule has 0 saturated carbocycles. The maximum atomic E-state index is 9.24. The molecule has 1 aromatic carbocycles. The molecule has 116 valence electrons. The molecule has 5 heteroatoms. The highest BCUT2D eigenvalue weighted by Crippen LogP contribution is 2.33. The number of ether oxygens (including phenoxy) is 2. The topological polar surface area (TPSA) is 54.3 Å². The first-order valence-electron chi connectivity index (χ1n) is 7.13. The molecule has 2 rings (SSSR count). The van der Waals surface area contributed by atoms with Crippen molar-refractivity contribution in [3.63, 3.8) is 0 Å². The summed E-state index contributed by atoms with van der Waals surface area (Å²) in [6.07, 6.45) is 2.79. The number of hydrogen-bond acceptors (Lipinski definition) is 4. The van der Waals surface area contributed by atoms with Gasteiger partial charge in [0.25, 0.3) is 0 Å². The van der Waals surface area contributed by atoms with Crippen molar-refractivity contribution >= 4 is 6.34 Å². The Morgan fingerprint density at radius 3 is 2.43 bits per heavy atom. The molecule has 0 atom stereocenters. The Hall–Kier alpha value is -1.75. The SMILES string of the molecule is COc1cc2c(cc1OC)CN(C=NC(C)(C)CO)CC2. The lowest BCUT2D eigenvalue weighted by Gasteiger charge is -2.29. The second-order valence-corrected chi connectivity index (χ2v) is 5.91. The maximum Gasteiger partial charge on any atom is 0.161 e. The van der Waals surface area contributed by atoms with Crippen LogP contribution in [0.5, 0.6) is 11.5 Å². The van der Waals surface area contributed by atoms with Crippen LogP contribution in [0.1, 0.15) is 25.0 Å². The van der Waals surface area contributed by atoms with E-state index in [0.29, 0.717) is 0 Å². The molecule has 1 heterocycles. The van der Waals surface area contributed by atoms with Crippen molar-refractivity contribution in [1.29, 1.82) is 0 Å². The molecule has 0 radical (unpaired) electrons. The summed E-state index contributed by atoms with van der Waals surface area (Å²) in [7, 11) is 3.30. The minimum absolute atomic E-state index is 0.0406. The van der Waals surface area contributed by atoms with Crippen LogP contribution in [0.3, 0.4) is 0 Å². The van der Waals surface area contributed by atoms with Crippen molar-refractivity contribution in [3.8, 4) is 11.5 Å². The average Bonchev–Trinajstić information content (AvgIpc) is 2.51. The third-order valence-electron chi connectivity index (χ3n) is 3.71. The molecule has 0 amide bonds. The van der Waals surface area contributed by atoms with Crippen LogP contribution < -0.4 is 9.47 Å². The summed E-state index contributed by atoms with van der Waals surface area (Å²) >= 11 is 0. The molecule has 5 nitrogen and oxygen atoms in total. The lowest BCUT2D eigenvalue weighted by Crippen LogP contribution is -2.32. The summed E-state index contributed by atoms with van der Waals surface area (Å²) < 4.78 is 10.7. The summed E-state index contributed by atoms with van der Waals surface area (Å²) in [4.78, 5) is 6.60. The number of benzene rings is 1. The van der Waals surface area contributed by atoms with Gasteiger partial charge in [-0.1, -0.05) is 0 Å². The van der Waals surface area contributed by atoms with Gasteiger partial charge in [0.15, 0.2) is 11.5 Å². The Labute approximate surface area is 126 Å². The second kappa shape index (κ2) is 6.35. The Bertz CT molecular complexity index is 526. The quantitative estimate of drug-likeness (QED) is 0.665. The van der Waals surface area contributed by atoms with E-state index in [-0.39, 0.29) is 6.61 Å². The van der Waals surface area contributed by atoms with Crippen molar-refractivity contribution in [1.82, 2.24) is 4.90 Å². The van der Waals surface area contributed by atoms with Gasteiger partial charge in [-0.3, -0.25) is 4.99 Å². The van der Waals surface area contributed by atoms with Gasteiger partial charge in [-0.15, -0.1) is 0 Å². The van der Waals surface area contributed by atoms with E-state index < -0.39 is 5.54 Å². The van der Waals surface area contributed by atoms with E-state index in [9.17, 15) is 5.11 Å². The van der Waals surface area contributed by atoms with E-state index in [0.717, 1.165) is 31.0 Å². The molecular formula is C16H24N2O3. The molecular weight excluding hydrogens is 268 g/mol. The molecule has 1 N–H and O–H groups in total. The third kappa shape index (κ3) is 3.67. The highest BCUT2D eigenvalue weighted by atomic mass is 16.5. The molecule has 0 bridgehead atoms. The molecule has 0 aliphatic carbocycles. The monoisotopic (exact) mass is 292 g/mol. The van der Waals surface area contributed by atoms with E-state index in [1.165, 1.54) is 11.1 Å². The molecule has 0 fully saturated rings. The van der Waals surface area contributed by atoms with Crippen molar-refractivity contribution in [2.45, 2.75) is 32.4 Å². The zero-order valence-electron chi connectivity index (χ0n) is 13.2. The van der Waals surface area contributed by atoms with Crippen LogP contribution in [-0.2, 0) is 13.0 Å². The van der Waals surface area contributed by atoms with Crippen molar-refractivity contribution in [2.24, 2.45) is 4.99 Å². The second-order valence-electron chi connectivity index (χ2n) is 5.91. The fourth-order valence-corrected chi connectivity index (χ4v) is 2.28. The molecule has 21 heavy (non-hydrogen) atoms. The summed E-state index contributed by atoms with van der Waals surface area (Å²) in [5, 5.41) is 9.24. The average molecular weight is 292 g/mol. The highest BCUT2D eigenvalue weighted by molar-refractivity contribution is 5.58. The van der Waals surface area contributed by atoms with Crippen LogP contribution in [0.25, 0.3) is 0 Å². The van der Waals surface area contributed by atoms with Gasteiger partial charge in [-0.05, 0) is 43.5 Å². The molecule has 0 unspecified atom stereocenters. The Morgan fingerprint density at radius 2 is 1.86 bits per heavy atom. The van der Waals surface area contributed by atoms with Crippen LogP contribution >= 0.6 is 0 Å². The largest absolute Gasteiger partial charge is 0.493 e. The number of hydrogen-bond donors (Lipinski definition) is 1. The van der Waals surface area contributed by atoms with E-state index >= 15 is 0 Å². The predicted octanol–water partition coefficient (Wildman–Crippen LogP) is 1.86. The minimum Gasteiger partial charge on any atom is -0.493 e. The molecule has 1 aliphatic rings. The van der Waals surface area contributed by atoms with Crippen LogP contribution in [-0.4, -0.2) is 49.3 Å². The molecule has 0 saturated heterocycles. The van der Waals surface area contributed by atoms with Gasteiger partial charge in [-0.25, -0.2) is 0 Å². The summed E-state index contributed by atoms with van der Waals surface area (Å²) in [5.41, 5.74) is 2.09. The molecule has 1 aromatic rings. The van der Waals surface area contributed by atoms with Gasteiger partial charge in [0, 0.05) is 13.1 Å². The summed E-state index contributed by atoms with van der Waals surface area (Å²) in [6, 6.07) is 4.09. The van der Waals surface area contributed by atoms with Gasteiger partial charge in [0.1, 0.15) is 0 Å². The summed E-state index contributed by atoms with van der Waals surface area (Å²) in [6.45, 7) is 5.57. The Kier molecular flexibility index (Phi) is 4.73. The van der Waals surface area contributed by atoms with Crippen LogP contribution in [0.2, 0.25) is 0 Å². The van der Waals surface area contributed by atoms with Gasteiger partial charge in [0.2, 0.25) is 0 Å². The number of aliphatic imine (C=N–C) groups is 1. The first-order chi connectivity index (χ1) is 9.99. The lowest BCUT2D eigenvalue weighted by molar-refractivity contribution is 0.221. The Balaban J connectivity index is 2.17. The summed E-state index contributed by atoms with van der Waals surface area (Å²) in [5.74, 6) is 1.53. The maximum absolute atomic E-state index is 9.24. The minimum atomic E-state index is -0.433.